The zero-order chi connectivity index (χ0) is 18.5. The van der Waals surface area contributed by atoms with Crippen LogP contribution in [0, 0.1) is 6.92 Å². The molecule has 10 nitrogen and oxygen atoms in total. The number of nitrogens with zero attached hydrogens (tertiary/aromatic N) is 6. The topological polar surface area (TPSA) is 117 Å². The Morgan fingerprint density at radius 2 is 1.85 bits per heavy atom. The third-order valence-corrected chi connectivity index (χ3v) is 3.53. The lowest BCUT2D eigenvalue weighted by Gasteiger charge is -2.09. The summed E-state index contributed by atoms with van der Waals surface area (Å²) in [5.74, 6) is 0.123. The average molecular weight is 355 g/mol. The molecule has 0 spiro atoms. The van der Waals surface area contributed by atoms with E-state index in [1.165, 1.54) is 21.5 Å². The Hall–Kier alpha value is -3.56. The highest BCUT2D eigenvalue weighted by atomic mass is 16.2. The van der Waals surface area contributed by atoms with E-state index in [0.29, 0.717) is 11.5 Å². The molecular formula is C16H17N7O3. The predicted molar refractivity (Wildman–Crippen MR) is 91.9 cm³/mol. The van der Waals surface area contributed by atoms with Crippen LogP contribution in [0.3, 0.4) is 0 Å². The maximum absolute atomic E-state index is 12.0. The van der Waals surface area contributed by atoms with E-state index >= 15 is 0 Å². The first-order valence-corrected chi connectivity index (χ1v) is 7.92. The molecule has 3 rings (SSSR count). The third kappa shape index (κ3) is 4.09. The molecule has 3 aromatic rings. The van der Waals surface area contributed by atoms with Crippen molar-refractivity contribution in [3.63, 3.8) is 0 Å². The Morgan fingerprint density at radius 1 is 1.08 bits per heavy atom. The van der Waals surface area contributed by atoms with E-state index in [-0.39, 0.29) is 36.7 Å². The van der Waals surface area contributed by atoms with Crippen LogP contribution in [0.4, 0.5) is 0 Å². The van der Waals surface area contributed by atoms with E-state index < -0.39 is 0 Å². The van der Waals surface area contributed by atoms with Crippen molar-refractivity contribution in [2.45, 2.75) is 20.0 Å². The number of amides is 1. The molecule has 0 aromatic carbocycles. The van der Waals surface area contributed by atoms with Crippen molar-refractivity contribution in [3.05, 3.63) is 69.1 Å². The largest absolute Gasteiger partial charge is 0.353 e. The van der Waals surface area contributed by atoms with Gasteiger partial charge in [0.1, 0.15) is 6.54 Å². The third-order valence-electron chi connectivity index (χ3n) is 3.53. The summed E-state index contributed by atoms with van der Waals surface area (Å²) in [4.78, 5) is 35.5. The molecule has 0 saturated heterocycles. The molecule has 0 aliphatic heterocycles. The molecule has 26 heavy (non-hydrogen) atoms. The fraction of sp³-hybridized carbons (Fsp3) is 0.250. The molecule has 0 aliphatic carbocycles. The second-order valence-electron chi connectivity index (χ2n) is 5.52. The fourth-order valence-electron chi connectivity index (χ4n) is 2.28. The second-order valence-corrected chi connectivity index (χ2v) is 5.52. The van der Waals surface area contributed by atoms with E-state index in [9.17, 15) is 14.4 Å². The first-order chi connectivity index (χ1) is 12.5. The minimum Gasteiger partial charge on any atom is -0.353 e. The van der Waals surface area contributed by atoms with Crippen LogP contribution < -0.4 is 16.4 Å². The maximum Gasteiger partial charge on any atom is 0.267 e. The zero-order valence-electron chi connectivity index (χ0n) is 14.1. The van der Waals surface area contributed by atoms with Crippen molar-refractivity contribution in [2.24, 2.45) is 0 Å². The van der Waals surface area contributed by atoms with Gasteiger partial charge < -0.3 is 5.32 Å². The summed E-state index contributed by atoms with van der Waals surface area (Å²) < 4.78 is 3.87. The fourth-order valence-corrected chi connectivity index (χ4v) is 2.28. The summed E-state index contributed by atoms with van der Waals surface area (Å²) in [6, 6.07) is 7.65. The van der Waals surface area contributed by atoms with Crippen LogP contribution >= 0.6 is 0 Å². The monoisotopic (exact) mass is 355 g/mol. The van der Waals surface area contributed by atoms with Crippen LogP contribution in [0.2, 0.25) is 0 Å². The summed E-state index contributed by atoms with van der Waals surface area (Å²) in [6.07, 6.45) is 3.32. The normalized spacial score (nSPS) is 10.7. The summed E-state index contributed by atoms with van der Waals surface area (Å²) >= 11 is 0. The highest BCUT2D eigenvalue weighted by molar-refractivity contribution is 5.75. The molecule has 134 valence electrons. The lowest BCUT2D eigenvalue weighted by atomic mass is 10.4. The first kappa shape index (κ1) is 17.3. The molecule has 0 bridgehead atoms. The van der Waals surface area contributed by atoms with Gasteiger partial charge in [0, 0.05) is 31.1 Å². The van der Waals surface area contributed by atoms with Crippen molar-refractivity contribution >= 4 is 5.91 Å². The molecule has 3 aromatic heterocycles. The Morgan fingerprint density at radius 3 is 2.62 bits per heavy atom. The molecular weight excluding hydrogens is 338 g/mol. The molecule has 3 heterocycles. The lowest BCUT2D eigenvalue weighted by Crippen LogP contribution is -2.36. The number of rotatable bonds is 6. The standard InChI is InChI=1S/C16H17N7O3/c1-12-3-5-16(26)23(19-12)11-14(24)17-8-10-22-15(25)6-4-13(20-22)21-9-2-7-18-21/h2-7,9H,8,10-11H2,1H3,(H,17,24). The Bertz CT molecular complexity index is 1020. The van der Waals surface area contributed by atoms with E-state index in [0.717, 1.165) is 4.68 Å². The molecule has 0 fully saturated rings. The van der Waals surface area contributed by atoms with Crippen molar-refractivity contribution in [1.29, 1.82) is 0 Å². The quantitative estimate of drug-likeness (QED) is 0.613. The van der Waals surface area contributed by atoms with Crippen LogP contribution in [0.25, 0.3) is 5.82 Å². The average Bonchev–Trinajstić information content (AvgIpc) is 3.14. The summed E-state index contributed by atoms with van der Waals surface area (Å²) in [5.41, 5.74) is 0.00544. The molecule has 0 atom stereocenters. The number of aryl methyl sites for hydroxylation is 1. The Balaban J connectivity index is 1.60. The molecule has 0 aliphatic rings. The van der Waals surface area contributed by atoms with Gasteiger partial charge in [0.2, 0.25) is 5.91 Å². The molecule has 1 N–H and O–H groups in total. The molecule has 0 radical (unpaired) electrons. The molecule has 10 heteroatoms. The van der Waals surface area contributed by atoms with Crippen molar-refractivity contribution < 1.29 is 4.79 Å². The molecule has 0 saturated carbocycles. The van der Waals surface area contributed by atoms with Crippen LogP contribution in [0.5, 0.6) is 0 Å². The molecule has 0 unspecified atom stereocenters. The van der Waals surface area contributed by atoms with E-state index in [4.69, 9.17) is 0 Å². The smallest absolute Gasteiger partial charge is 0.267 e. The molecule has 1 amide bonds. The highest BCUT2D eigenvalue weighted by Gasteiger charge is 2.07. The summed E-state index contributed by atoms with van der Waals surface area (Å²) in [5, 5.41) is 14.9. The highest BCUT2D eigenvalue weighted by Crippen LogP contribution is 1.98. The number of carbonyl (C=O) groups is 1. The zero-order valence-corrected chi connectivity index (χ0v) is 14.1. The Labute approximate surface area is 147 Å². The SMILES string of the molecule is Cc1ccc(=O)n(CC(=O)NCCn2nc(-n3cccn3)ccc2=O)n1. The van der Waals surface area contributed by atoms with Crippen molar-refractivity contribution in [3.8, 4) is 5.82 Å². The van der Waals surface area contributed by atoms with E-state index in [1.54, 1.807) is 37.5 Å². The lowest BCUT2D eigenvalue weighted by molar-refractivity contribution is -0.121. The van der Waals surface area contributed by atoms with Crippen LogP contribution in [-0.4, -0.2) is 41.8 Å². The minimum atomic E-state index is -0.374. The van der Waals surface area contributed by atoms with Gasteiger partial charge in [0.05, 0.1) is 12.2 Å². The number of hydrogen-bond acceptors (Lipinski definition) is 6. The van der Waals surface area contributed by atoms with Crippen molar-refractivity contribution in [2.75, 3.05) is 6.54 Å². The first-order valence-electron chi connectivity index (χ1n) is 7.92. The van der Waals surface area contributed by atoms with E-state index in [2.05, 4.69) is 20.6 Å². The van der Waals surface area contributed by atoms with Gasteiger partial charge >= 0.3 is 0 Å². The Kier molecular flexibility index (Phi) is 5.02. The van der Waals surface area contributed by atoms with Crippen LogP contribution in [-0.2, 0) is 17.9 Å². The number of hydrogen-bond donors (Lipinski definition) is 1. The summed E-state index contributed by atoms with van der Waals surface area (Å²) in [6.45, 7) is 1.93. The number of aromatic nitrogens is 6. The van der Waals surface area contributed by atoms with Gasteiger partial charge in [-0.25, -0.2) is 14.0 Å². The minimum absolute atomic E-state index is 0.184. The van der Waals surface area contributed by atoms with Gasteiger partial charge in [-0.2, -0.15) is 10.2 Å². The van der Waals surface area contributed by atoms with Gasteiger partial charge in [0.25, 0.3) is 11.1 Å². The van der Waals surface area contributed by atoms with E-state index in [1.807, 2.05) is 0 Å². The summed E-state index contributed by atoms with van der Waals surface area (Å²) in [7, 11) is 0. The number of carbonyl (C=O) groups excluding carboxylic acids is 1. The van der Waals surface area contributed by atoms with Gasteiger partial charge in [-0.1, -0.05) is 0 Å². The number of nitrogens with one attached hydrogen (secondary N) is 1. The van der Waals surface area contributed by atoms with Gasteiger partial charge in [-0.15, -0.1) is 5.10 Å². The van der Waals surface area contributed by atoms with Gasteiger partial charge in [0.15, 0.2) is 5.82 Å². The predicted octanol–water partition coefficient (Wildman–Crippen LogP) is -0.889. The van der Waals surface area contributed by atoms with Gasteiger partial charge in [-0.05, 0) is 25.1 Å². The maximum atomic E-state index is 12.0. The van der Waals surface area contributed by atoms with Gasteiger partial charge in [-0.3, -0.25) is 14.4 Å². The van der Waals surface area contributed by atoms with Crippen molar-refractivity contribution in [1.82, 2.24) is 34.7 Å². The van der Waals surface area contributed by atoms with Crippen LogP contribution in [0.1, 0.15) is 5.69 Å². The second kappa shape index (κ2) is 7.55. The van der Waals surface area contributed by atoms with Crippen LogP contribution in [0.15, 0.2) is 52.3 Å².